The van der Waals surface area contributed by atoms with Gasteiger partial charge in [0.1, 0.15) is 18.3 Å². The number of methoxy groups -OCH3 is 1. The highest BCUT2D eigenvalue weighted by Crippen LogP contribution is 2.26. The van der Waals surface area contributed by atoms with Gasteiger partial charge in [0.15, 0.2) is 0 Å². The molecule has 0 bridgehead atoms. The Kier molecular flexibility index (Phi) is 9.79. The van der Waals surface area contributed by atoms with Gasteiger partial charge in [-0.25, -0.2) is 8.42 Å². The van der Waals surface area contributed by atoms with Crippen LogP contribution in [-0.4, -0.2) is 50.4 Å². The predicted octanol–water partition coefficient (Wildman–Crippen LogP) is 4.99. The van der Waals surface area contributed by atoms with Gasteiger partial charge < -0.3 is 15.0 Å². The first kappa shape index (κ1) is 30.2. The van der Waals surface area contributed by atoms with Crippen LogP contribution in [0.25, 0.3) is 0 Å². The molecule has 0 saturated heterocycles. The van der Waals surface area contributed by atoms with E-state index in [-0.39, 0.29) is 17.3 Å². The Labute approximate surface area is 239 Å². The highest BCUT2D eigenvalue weighted by atomic mass is 79.9. The lowest BCUT2D eigenvalue weighted by Gasteiger charge is -2.33. The van der Waals surface area contributed by atoms with E-state index in [4.69, 9.17) is 4.74 Å². The Morgan fingerprint density at radius 2 is 1.62 bits per heavy atom. The van der Waals surface area contributed by atoms with Gasteiger partial charge in [0.25, 0.3) is 10.0 Å². The molecule has 208 valence electrons. The maximum absolute atomic E-state index is 13.9. The van der Waals surface area contributed by atoms with Gasteiger partial charge in [0.2, 0.25) is 11.8 Å². The summed E-state index contributed by atoms with van der Waals surface area (Å²) in [7, 11) is -2.56. The van der Waals surface area contributed by atoms with Gasteiger partial charge >= 0.3 is 0 Å². The molecule has 0 aromatic heterocycles. The molecule has 10 heteroatoms. The minimum Gasteiger partial charge on any atom is -0.497 e. The lowest BCUT2D eigenvalue weighted by molar-refractivity contribution is -0.140. The van der Waals surface area contributed by atoms with Gasteiger partial charge in [-0.15, -0.1) is 0 Å². The lowest BCUT2D eigenvalue weighted by atomic mass is 10.1. The van der Waals surface area contributed by atoms with Gasteiger partial charge in [-0.05, 0) is 81.8 Å². The van der Waals surface area contributed by atoms with Gasteiger partial charge in [-0.3, -0.25) is 13.9 Å². The summed E-state index contributed by atoms with van der Waals surface area (Å²) < 4.78 is 34.7. The van der Waals surface area contributed by atoms with Crippen molar-refractivity contribution < 1.29 is 22.7 Å². The number of nitrogens with one attached hydrogen (secondary N) is 1. The van der Waals surface area contributed by atoms with Crippen LogP contribution >= 0.6 is 15.9 Å². The molecule has 0 aliphatic heterocycles. The molecule has 3 aromatic rings. The summed E-state index contributed by atoms with van der Waals surface area (Å²) in [5, 5.41) is 2.92. The number of hydrogen-bond donors (Lipinski definition) is 1. The van der Waals surface area contributed by atoms with E-state index in [1.54, 1.807) is 74.7 Å². The Morgan fingerprint density at radius 3 is 2.21 bits per heavy atom. The summed E-state index contributed by atoms with van der Waals surface area (Å²) in [6, 6.07) is 20.9. The Balaban J connectivity index is 2.03. The summed E-state index contributed by atoms with van der Waals surface area (Å²) >= 11 is 3.37. The number of halogens is 1. The molecule has 3 rings (SSSR count). The van der Waals surface area contributed by atoms with E-state index in [9.17, 15) is 18.0 Å². The zero-order chi connectivity index (χ0) is 28.8. The first-order valence-electron chi connectivity index (χ1n) is 12.4. The third kappa shape index (κ3) is 8.06. The molecule has 2 amide bonds. The van der Waals surface area contributed by atoms with E-state index in [0.717, 1.165) is 14.3 Å². The van der Waals surface area contributed by atoms with E-state index in [1.165, 1.54) is 17.0 Å². The van der Waals surface area contributed by atoms with Gasteiger partial charge in [-0.2, -0.15) is 0 Å². The number of sulfonamides is 1. The summed E-state index contributed by atoms with van der Waals surface area (Å²) in [5.41, 5.74) is 0.540. The van der Waals surface area contributed by atoms with Crippen LogP contribution in [0.5, 0.6) is 5.75 Å². The first-order valence-corrected chi connectivity index (χ1v) is 14.6. The fraction of sp³-hybridized carbons (Fsp3) is 0.310. The van der Waals surface area contributed by atoms with Crippen molar-refractivity contribution >= 4 is 43.5 Å². The average Bonchev–Trinajstić information content (AvgIpc) is 2.90. The number of nitrogens with zero attached hydrogens (tertiary/aromatic N) is 2. The summed E-state index contributed by atoms with van der Waals surface area (Å²) in [6.45, 7) is 6.77. The number of ether oxygens (including phenoxy) is 1. The van der Waals surface area contributed by atoms with Crippen molar-refractivity contribution in [3.05, 3.63) is 88.9 Å². The van der Waals surface area contributed by atoms with Gasteiger partial charge in [0.05, 0.1) is 17.7 Å². The van der Waals surface area contributed by atoms with Crippen molar-refractivity contribution in [2.45, 2.75) is 50.7 Å². The van der Waals surface area contributed by atoms with Crippen LogP contribution in [0.4, 0.5) is 5.69 Å². The van der Waals surface area contributed by atoms with Crippen LogP contribution in [0, 0.1) is 0 Å². The van der Waals surface area contributed by atoms with E-state index < -0.39 is 34.1 Å². The summed E-state index contributed by atoms with van der Waals surface area (Å²) in [5.74, 6) is -0.272. The largest absolute Gasteiger partial charge is 0.497 e. The maximum Gasteiger partial charge on any atom is 0.264 e. The molecule has 0 saturated carbocycles. The molecule has 0 spiro atoms. The number of rotatable bonds is 10. The first-order chi connectivity index (χ1) is 18.3. The van der Waals surface area contributed by atoms with Crippen molar-refractivity contribution in [3.63, 3.8) is 0 Å². The number of carbonyl (C=O) groups excluding carboxylic acids is 2. The molecule has 3 aromatic carbocycles. The summed E-state index contributed by atoms with van der Waals surface area (Å²) in [4.78, 5) is 28.5. The zero-order valence-electron chi connectivity index (χ0n) is 22.7. The minimum absolute atomic E-state index is 0.0542. The molecular formula is C29H34BrN3O5S. The SMILES string of the molecule is COc1cccc(CN(C(=O)CN(c2ccc(Br)cc2)S(=O)(=O)c2ccccc2)C(C)C(=O)NC(C)(C)C)c1. The van der Waals surface area contributed by atoms with Crippen molar-refractivity contribution in [2.24, 2.45) is 0 Å². The van der Waals surface area contributed by atoms with Crippen LogP contribution in [0.2, 0.25) is 0 Å². The third-order valence-electron chi connectivity index (χ3n) is 5.88. The van der Waals surface area contributed by atoms with Crippen LogP contribution in [0.1, 0.15) is 33.3 Å². The van der Waals surface area contributed by atoms with Crippen molar-refractivity contribution in [3.8, 4) is 5.75 Å². The topological polar surface area (TPSA) is 96.0 Å². The minimum atomic E-state index is -4.10. The molecular weight excluding hydrogens is 582 g/mol. The number of carbonyl (C=O) groups is 2. The third-order valence-corrected chi connectivity index (χ3v) is 8.19. The molecule has 39 heavy (non-hydrogen) atoms. The van der Waals surface area contributed by atoms with Gasteiger partial charge in [0, 0.05) is 16.6 Å². The predicted molar refractivity (Wildman–Crippen MR) is 156 cm³/mol. The molecule has 1 unspecified atom stereocenters. The molecule has 1 N–H and O–H groups in total. The lowest BCUT2D eigenvalue weighted by Crippen LogP contribution is -2.54. The number of benzene rings is 3. The second-order valence-corrected chi connectivity index (χ2v) is 12.9. The van der Waals surface area contributed by atoms with Crippen LogP contribution < -0.4 is 14.4 Å². The normalized spacial score (nSPS) is 12.4. The van der Waals surface area contributed by atoms with Gasteiger partial charge in [-0.1, -0.05) is 46.3 Å². The second kappa shape index (κ2) is 12.7. The highest BCUT2D eigenvalue weighted by molar-refractivity contribution is 9.10. The quantitative estimate of drug-likeness (QED) is 0.347. The molecule has 1 atom stereocenters. The molecule has 0 fully saturated rings. The van der Waals surface area contributed by atoms with Crippen molar-refractivity contribution in [1.82, 2.24) is 10.2 Å². The van der Waals surface area contributed by atoms with Crippen molar-refractivity contribution in [2.75, 3.05) is 18.0 Å². The monoisotopic (exact) mass is 615 g/mol. The van der Waals surface area contributed by atoms with Crippen LogP contribution in [-0.2, 0) is 26.2 Å². The van der Waals surface area contributed by atoms with E-state index in [1.807, 2.05) is 26.8 Å². The summed E-state index contributed by atoms with van der Waals surface area (Å²) in [6.07, 6.45) is 0. The number of amides is 2. The van der Waals surface area contributed by atoms with Crippen molar-refractivity contribution in [1.29, 1.82) is 0 Å². The second-order valence-electron chi connectivity index (χ2n) is 10.1. The smallest absolute Gasteiger partial charge is 0.264 e. The maximum atomic E-state index is 13.9. The zero-order valence-corrected chi connectivity index (χ0v) is 25.1. The molecule has 0 radical (unpaired) electrons. The Morgan fingerprint density at radius 1 is 0.974 bits per heavy atom. The Hall–Kier alpha value is -3.37. The van der Waals surface area contributed by atoms with E-state index in [0.29, 0.717) is 11.4 Å². The average molecular weight is 617 g/mol. The molecule has 0 aliphatic carbocycles. The number of anilines is 1. The Bertz CT molecular complexity index is 1390. The number of hydrogen-bond acceptors (Lipinski definition) is 5. The fourth-order valence-corrected chi connectivity index (χ4v) is 5.58. The van der Waals surface area contributed by atoms with E-state index >= 15 is 0 Å². The fourth-order valence-electron chi connectivity index (χ4n) is 3.88. The highest BCUT2D eigenvalue weighted by Gasteiger charge is 2.33. The molecule has 0 aliphatic rings. The van der Waals surface area contributed by atoms with E-state index in [2.05, 4.69) is 21.2 Å². The van der Waals surface area contributed by atoms with Crippen LogP contribution in [0.15, 0.2) is 88.2 Å². The molecule has 8 nitrogen and oxygen atoms in total. The standard InChI is InChI=1S/C29H34BrN3O5S/c1-21(28(35)31-29(2,3)4)32(19-22-10-9-11-25(18-22)38-5)27(34)20-33(24-16-14-23(30)15-17-24)39(36,37)26-12-7-6-8-13-26/h6-18,21H,19-20H2,1-5H3,(H,31,35). The molecule has 0 heterocycles. The van der Waals surface area contributed by atoms with Crippen LogP contribution in [0.3, 0.4) is 0 Å².